The van der Waals surface area contributed by atoms with E-state index in [9.17, 15) is 9.90 Å². The summed E-state index contributed by atoms with van der Waals surface area (Å²) in [5.74, 6) is 0.948. The summed E-state index contributed by atoms with van der Waals surface area (Å²) in [6.07, 6.45) is 9.15. The molecule has 43 heavy (non-hydrogen) atoms. The Bertz CT molecular complexity index is 1770. The highest BCUT2D eigenvalue weighted by molar-refractivity contribution is 5.77. The Labute approximate surface area is 250 Å². The minimum Gasteiger partial charge on any atom is -0.386 e. The molecule has 2 aliphatic heterocycles. The number of allylic oxidation sites excluding steroid dienone is 1. The van der Waals surface area contributed by atoms with E-state index in [0.717, 1.165) is 55.7 Å². The van der Waals surface area contributed by atoms with Crippen molar-refractivity contribution in [3.8, 4) is 5.82 Å². The Morgan fingerprint density at radius 2 is 1.81 bits per heavy atom. The van der Waals surface area contributed by atoms with Crippen LogP contribution in [0, 0.1) is 10.8 Å². The van der Waals surface area contributed by atoms with Crippen molar-refractivity contribution in [3.63, 3.8) is 0 Å². The van der Waals surface area contributed by atoms with E-state index in [4.69, 9.17) is 9.97 Å². The van der Waals surface area contributed by atoms with Gasteiger partial charge in [0.15, 0.2) is 11.5 Å². The number of fused-ring (bicyclic) bond motifs is 2. The number of hydrogen-bond acceptors (Lipinski definition) is 8. The van der Waals surface area contributed by atoms with Gasteiger partial charge in [0.25, 0.3) is 5.56 Å². The van der Waals surface area contributed by atoms with Crippen LogP contribution in [0.2, 0.25) is 0 Å². The first-order valence-corrected chi connectivity index (χ1v) is 15.5. The maximum absolute atomic E-state index is 13.4. The van der Waals surface area contributed by atoms with Crippen LogP contribution in [0.25, 0.3) is 16.9 Å². The van der Waals surface area contributed by atoms with E-state index in [1.165, 1.54) is 31.6 Å². The van der Waals surface area contributed by atoms with Gasteiger partial charge in [0.2, 0.25) is 5.95 Å². The molecule has 1 atom stereocenters. The summed E-state index contributed by atoms with van der Waals surface area (Å²) in [5.41, 5.74) is 4.65. The molecule has 10 nitrogen and oxygen atoms in total. The minimum absolute atomic E-state index is 0.0310. The Hall–Kier alpha value is -4.02. The summed E-state index contributed by atoms with van der Waals surface area (Å²) in [5, 5.41) is 14.9. The Balaban J connectivity index is 1.08. The predicted octanol–water partition coefficient (Wildman–Crippen LogP) is 4.20. The number of aliphatic hydroxyl groups excluding tert-OH is 1. The lowest BCUT2D eigenvalue weighted by Crippen LogP contribution is -2.58. The van der Waals surface area contributed by atoms with Crippen LogP contribution in [0.3, 0.4) is 0 Å². The average molecular weight is 579 g/mol. The van der Waals surface area contributed by atoms with Crippen LogP contribution in [-0.4, -0.2) is 67.5 Å². The summed E-state index contributed by atoms with van der Waals surface area (Å²) in [6.45, 7) is 8.78. The number of aryl methyl sites for hydroxylation is 1. The number of aliphatic hydroxyl groups is 1. The number of pyridine rings is 1. The Kier molecular flexibility index (Phi) is 6.03. The highest BCUT2D eigenvalue weighted by Gasteiger charge is 2.52. The number of likely N-dealkylation sites (tertiary alicyclic amines) is 1. The molecule has 2 spiro atoms. The SMILES string of the molecule is C=CCn1c(=O)c2cnc(Nc3ccc(N4CCC5(CC4)CN(C)C5)cc3)nc2n1-c1ccc2c(n1)C(O)C1(CC2)CC1. The predicted molar refractivity (Wildman–Crippen MR) is 167 cm³/mol. The van der Waals surface area contributed by atoms with Gasteiger partial charge in [-0.25, -0.2) is 19.3 Å². The molecule has 0 bridgehead atoms. The molecule has 10 heteroatoms. The van der Waals surface area contributed by atoms with Gasteiger partial charge >= 0.3 is 0 Å². The number of nitrogens with zero attached hydrogens (tertiary/aromatic N) is 7. The highest BCUT2D eigenvalue weighted by Crippen LogP contribution is 2.60. The van der Waals surface area contributed by atoms with Gasteiger partial charge in [-0.05, 0) is 86.9 Å². The molecule has 4 aromatic rings. The van der Waals surface area contributed by atoms with E-state index in [-0.39, 0.29) is 11.0 Å². The monoisotopic (exact) mass is 578 g/mol. The first-order chi connectivity index (χ1) is 20.9. The minimum atomic E-state index is -0.585. The van der Waals surface area contributed by atoms with E-state index < -0.39 is 6.10 Å². The molecule has 8 rings (SSSR count). The standard InChI is InChI=1S/C33H38N8O2/c1-3-16-40-30(43)25-19-34-31(35-23-5-7-24(8-6-23)39-17-14-32(15-18-39)20-38(2)21-32)37-29(25)41(40)26-9-4-22-10-11-33(12-13-33)28(42)27(22)36-26/h3-9,19,28,42H,1,10-18,20-21H2,2H3,(H,34,35,37). The van der Waals surface area contributed by atoms with Gasteiger partial charge in [-0.2, -0.15) is 4.98 Å². The second-order valence-corrected chi connectivity index (χ2v) is 13.2. The maximum Gasteiger partial charge on any atom is 0.278 e. The molecule has 1 saturated carbocycles. The molecular weight excluding hydrogens is 540 g/mol. The van der Waals surface area contributed by atoms with Crippen LogP contribution < -0.4 is 15.8 Å². The van der Waals surface area contributed by atoms with Gasteiger partial charge in [-0.15, -0.1) is 6.58 Å². The Morgan fingerprint density at radius 3 is 2.51 bits per heavy atom. The van der Waals surface area contributed by atoms with Crippen LogP contribution in [0.4, 0.5) is 17.3 Å². The Morgan fingerprint density at radius 1 is 1.05 bits per heavy atom. The van der Waals surface area contributed by atoms with Crippen LogP contribution in [0.1, 0.15) is 49.5 Å². The molecule has 1 unspecified atom stereocenters. The summed E-state index contributed by atoms with van der Waals surface area (Å²) in [4.78, 5) is 32.5. The van der Waals surface area contributed by atoms with E-state index in [1.807, 2.05) is 12.1 Å². The third-order valence-corrected chi connectivity index (χ3v) is 10.3. The topological polar surface area (TPSA) is 104 Å². The van der Waals surface area contributed by atoms with Crippen LogP contribution in [-0.2, 0) is 13.0 Å². The van der Waals surface area contributed by atoms with Gasteiger partial charge in [-0.3, -0.25) is 4.79 Å². The van der Waals surface area contributed by atoms with Crippen LogP contribution >= 0.6 is 0 Å². The molecule has 1 aromatic carbocycles. The largest absolute Gasteiger partial charge is 0.386 e. The smallest absolute Gasteiger partial charge is 0.278 e. The number of hydrogen-bond donors (Lipinski definition) is 2. The second kappa shape index (κ2) is 9.75. The van der Waals surface area contributed by atoms with Crippen LogP contribution in [0.15, 0.2) is 60.0 Å². The molecule has 2 saturated heterocycles. The van der Waals surface area contributed by atoms with Crippen molar-refractivity contribution in [1.29, 1.82) is 0 Å². The van der Waals surface area contributed by atoms with Crippen molar-refractivity contribution < 1.29 is 5.11 Å². The lowest BCUT2D eigenvalue weighted by Gasteiger charge is -2.53. The fourth-order valence-corrected chi connectivity index (χ4v) is 7.70. The summed E-state index contributed by atoms with van der Waals surface area (Å²) >= 11 is 0. The molecule has 4 aliphatic rings. The highest BCUT2D eigenvalue weighted by atomic mass is 16.3. The molecule has 2 N–H and O–H groups in total. The van der Waals surface area contributed by atoms with Crippen molar-refractivity contribution in [1.82, 2.24) is 29.2 Å². The van der Waals surface area contributed by atoms with Gasteiger partial charge in [0.05, 0.1) is 12.2 Å². The van der Waals surface area contributed by atoms with Gasteiger partial charge in [0, 0.05) is 49.2 Å². The molecule has 0 amide bonds. The second-order valence-electron chi connectivity index (χ2n) is 13.2. The van der Waals surface area contributed by atoms with Crippen molar-refractivity contribution in [2.45, 2.75) is 51.2 Å². The average Bonchev–Trinajstić information content (AvgIpc) is 3.74. The molecule has 2 aliphatic carbocycles. The zero-order valence-electron chi connectivity index (χ0n) is 24.7. The molecule has 3 aromatic heterocycles. The number of nitrogens with one attached hydrogen (secondary N) is 1. The normalized spacial score (nSPS) is 22.0. The zero-order chi connectivity index (χ0) is 29.3. The van der Waals surface area contributed by atoms with Crippen molar-refractivity contribution in [2.75, 3.05) is 43.4 Å². The van der Waals surface area contributed by atoms with Crippen LogP contribution in [0.5, 0.6) is 0 Å². The van der Waals surface area contributed by atoms with Crippen molar-refractivity contribution in [3.05, 3.63) is 76.9 Å². The van der Waals surface area contributed by atoms with Gasteiger partial charge in [-0.1, -0.05) is 12.1 Å². The molecule has 3 fully saturated rings. The molecule has 0 radical (unpaired) electrons. The summed E-state index contributed by atoms with van der Waals surface area (Å²) in [7, 11) is 2.21. The van der Waals surface area contributed by atoms with E-state index in [1.54, 1.807) is 21.6 Å². The summed E-state index contributed by atoms with van der Waals surface area (Å²) < 4.78 is 3.31. The van der Waals surface area contributed by atoms with Gasteiger partial charge < -0.3 is 20.2 Å². The van der Waals surface area contributed by atoms with E-state index >= 15 is 0 Å². The number of anilines is 3. The molecule has 222 valence electrons. The van der Waals surface area contributed by atoms with Gasteiger partial charge in [0.1, 0.15) is 11.5 Å². The first-order valence-electron chi connectivity index (χ1n) is 15.5. The third-order valence-electron chi connectivity index (χ3n) is 10.3. The van der Waals surface area contributed by atoms with Crippen molar-refractivity contribution >= 4 is 28.4 Å². The quantitative estimate of drug-likeness (QED) is 0.328. The van der Waals surface area contributed by atoms with E-state index in [0.29, 0.717) is 34.8 Å². The lowest BCUT2D eigenvalue weighted by molar-refractivity contribution is 0.00132. The number of piperidine rings is 1. The fourth-order valence-electron chi connectivity index (χ4n) is 7.70. The summed E-state index contributed by atoms with van der Waals surface area (Å²) in [6, 6.07) is 12.4. The number of rotatable bonds is 6. The number of benzene rings is 1. The zero-order valence-corrected chi connectivity index (χ0v) is 24.7. The van der Waals surface area contributed by atoms with E-state index in [2.05, 4.69) is 58.0 Å². The maximum atomic E-state index is 13.4. The molecular formula is C33H38N8O2. The third kappa shape index (κ3) is 4.38. The molecule has 5 heterocycles. The lowest BCUT2D eigenvalue weighted by atomic mass is 9.72. The fraction of sp³-hybridized carbons (Fsp3) is 0.455. The van der Waals surface area contributed by atoms with Crippen molar-refractivity contribution in [2.24, 2.45) is 10.8 Å². The first kappa shape index (κ1) is 26.6. The number of aromatic nitrogens is 5.